The standard InChI is InChI=1S/C13H17BrN2S/c1-8(2)5-9(7-15)13-16-11-4-3-10(14)6-12(11)17-13/h3-4,6,8-9H,5,7,15H2,1-2H3. The van der Waals surface area contributed by atoms with Gasteiger partial charge in [0.15, 0.2) is 0 Å². The van der Waals surface area contributed by atoms with Crippen molar-refractivity contribution >= 4 is 37.5 Å². The number of thiazole rings is 1. The zero-order valence-electron chi connectivity index (χ0n) is 10.1. The third-order valence-electron chi connectivity index (χ3n) is 2.76. The summed E-state index contributed by atoms with van der Waals surface area (Å²) in [6.45, 7) is 5.14. The lowest BCUT2D eigenvalue weighted by Gasteiger charge is -2.13. The second-order valence-electron chi connectivity index (χ2n) is 4.73. The van der Waals surface area contributed by atoms with Crippen LogP contribution in [0.5, 0.6) is 0 Å². The second kappa shape index (κ2) is 5.46. The molecule has 0 aliphatic carbocycles. The third-order valence-corrected chi connectivity index (χ3v) is 4.43. The number of nitrogens with two attached hydrogens (primary N) is 1. The monoisotopic (exact) mass is 312 g/mol. The van der Waals surface area contributed by atoms with E-state index >= 15 is 0 Å². The smallest absolute Gasteiger partial charge is 0.0982 e. The van der Waals surface area contributed by atoms with Gasteiger partial charge in [-0.2, -0.15) is 0 Å². The molecular formula is C13H17BrN2S. The molecule has 1 atom stereocenters. The Morgan fingerprint density at radius 2 is 2.18 bits per heavy atom. The molecule has 2 rings (SSSR count). The Labute approximate surface area is 114 Å². The minimum atomic E-state index is 0.395. The van der Waals surface area contributed by atoms with E-state index in [0.29, 0.717) is 18.4 Å². The molecule has 2 nitrogen and oxygen atoms in total. The van der Waals surface area contributed by atoms with Crippen LogP contribution in [-0.4, -0.2) is 11.5 Å². The molecule has 0 bridgehead atoms. The summed E-state index contributed by atoms with van der Waals surface area (Å²) in [5, 5.41) is 1.18. The molecule has 1 aromatic carbocycles. The van der Waals surface area contributed by atoms with Gasteiger partial charge in [0, 0.05) is 16.9 Å². The summed E-state index contributed by atoms with van der Waals surface area (Å²) >= 11 is 5.26. The highest BCUT2D eigenvalue weighted by Crippen LogP contribution is 2.32. The van der Waals surface area contributed by atoms with E-state index in [9.17, 15) is 0 Å². The number of halogens is 1. The van der Waals surface area contributed by atoms with Crippen molar-refractivity contribution in [3.63, 3.8) is 0 Å². The maximum absolute atomic E-state index is 5.86. The van der Waals surface area contributed by atoms with Crippen LogP contribution in [0.1, 0.15) is 31.2 Å². The molecule has 4 heteroatoms. The molecule has 0 radical (unpaired) electrons. The maximum atomic E-state index is 5.86. The van der Waals surface area contributed by atoms with Gasteiger partial charge in [-0.15, -0.1) is 11.3 Å². The molecule has 0 spiro atoms. The van der Waals surface area contributed by atoms with E-state index in [1.807, 2.05) is 6.07 Å². The molecule has 0 saturated heterocycles. The van der Waals surface area contributed by atoms with Gasteiger partial charge >= 0.3 is 0 Å². The highest BCUT2D eigenvalue weighted by Gasteiger charge is 2.16. The number of nitrogens with zero attached hydrogens (tertiary/aromatic N) is 1. The molecule has 0 fully saturated rings. The normalized spacial score (nSPS) is 13.5. The fraction of sp³-hybridized carbons (Fsp3) is 0.462. The van der Waals surface area contributed by atoms with Gasteiger partial charge in [0.2, 0.25) is 0 Å². The fourth-order valence-corrected chi connectivity index (χ4v) is 3.60. The van der Waals surface area contributed by atoms with E-state index in [1.54, 1.807) is 11.3 Å². The molecule has 92 valence electrons. The molecule has 0 aliphatic rings. The second-order valence-corrected chi connectivity index (χ2v) is 6.70. The SMILES string of the molecule is CC(C)CC(CN)c1nc2ccc(Br)cc2s1. The molecule has 1 unspecified atom stereocenters. The van der Waals surface area contributed by atoms with Crippen LogP contribution >= 0.6 is 27.3 Å². The molecule has 0 amide bonds. The van der Waals surface area contributed by atoms with E-state index in [-0.39, 0.29) is 0 Å². The van der Waals surface area contributed by atoms with Crippen molar-refractivity contribution in [3.8, 4) is 0 Å². The maximum Gasteiger partial charge on any atom is 0.0982 e. The van der Waals surface area contributed by atoms with Gasteiger partial charge in [0.1, 0.15) is 0 Å². The Morgan fingerprint density at radius 3 is 2.82 bits per heavy atom. The Balaban J connectivity index is 2.34. The summed E-state index contributed by atoms with van der Waals surface area (Å²) in [6.07, 6.45) is 1.11. The van der Waals surface area contributed by atoms with Crippen LogP contribution in [0.15, 0.2) is 22.7 Å². The Morgan fingerprint density at radius 1 is 1.41 bits per heavy atom. The van der Waals surface area contributed by atoms with Crippen LogP contribution in [0, 0.1) is 5.92 Å². The minimum absolute atomic E-state index is 0.395. The van der Waals surface area contributed by atoms with Crippen LogP contribution in [0.4, 0.5) is 0 Å². The minimum Gasteiger partial charge on any atom is -0.330 e. The summed E-state index contributed by atoms with van der Waals surface area (Å²) in [5.41, 5.74) is 6.94. The molecule has 1 aromatic heterocycles. The molecule has 2 aromatic rings. The lowest BCUT2D eigenvalue weighted by atomic mass is 9.98. The number of benzene rings is 1. The predicted octanol–water partition coefficient (Wildman–Crippen LogP) is 4.15. The number of hydrogen-bond donors (Lipinski definition) is 1. The number of fused-ring (bicyclic) bond motifs is 1. The summed E-state index contributed by atoms with van der Waals surface area (Å²) in [7, 11) is 0. The van der Waals surface area contributed by atoms with Gasteiger partial charge in [0.05, 0.1) is 15.2 Å². The van der Waals surface area contributed by atoms with Gasteiger partial charge in [-0.25, -0.2) is 4.98 Å². The van der Waals surface area contributed by atoms with Gasteiger partial charge in [0.25, 0.3) is 0 Å². The van der Waals surface area contributed by atoms with E-state index in [0.717, 1.165) is 16.4 Å². The van der Waals surface area contributed by atoms with Crippen molar-refractivity contribution in [1.29, 1.82) is 0 Å². The highest BCUT2D eigenvalue weighted by atomic mass is 79.9. The zero-order chi connectivity index (χ0) is 12.4. The summed E-state index contributed by atoms with van der Waals surface area (Å²) < 4.78 is 2.34. The number of hydrogen-bond acceptors (Lipinski definition) is 3. The molecular weight excluding hydrogens is 296 g/mol. The number of aromatic nitrogens is 1. The molecule has 2 N–H and O–H groups in total. The van der Waals surface area contributed by atoms with Crippen molar-refractivity contribution in [2.75, 3.05) is 6.54 Å². The van der Waals surface area contributed by atoms with Crippen molar-refractivity contribution in [3.05, 3.63) is 27.7 Å². The average molecular weight is 313 g/mol. The lowest BCUT2D eigenvalue weighted by molar-refractivity contribution is 0.503. The van der Waals surface area contributed by atoms with Crippen molar-refractivity contribution < 1.29 is 0 Å². The van der Waals surface area contributed by atoms with E-state index < -0.39 is 0 Å². The third kappa shape index (κ3) is 3.06. The van der Waals surface area contributed by atoms with Gasteiger partial charge in [-0.05, 0) is 30.5 Å². The van der Waals surface area contributed by atoms with Crippen LogP contribution in [-0.2, 0) is 0 Å². The fourth-order valence-electron chi connectivity index (χ4n) is 1.96. The Hall–Kier alpha value is -0.450. The Kier molecular flexibility index (Phi) is 4.17. The molecule has 17 heavy (non-hydrogen) atoms. The van der Waals surface area contributed by atoms with Gasteiger partial charge < -0.3 is 5.73 Å². The zero-order valence-corrected chi connectivity index (χ0v) is 12.5. The first-order valence-electron chi connectivity index (χ1n) is 5.86. The summed E-state index contributed by atoms with van der Waals surface area (Å²) in [4.78, 5) is 4.70. The molecule has 1 heterocycles. The molecule has 0 saturated carbocycles. The Bertz CT molecular complexity index is 507. The summed E-state index contributed by atoms with van der Waals surface area (Å²) in [5.74, 6) is 1.05. The van der Waals surface area contributed by atoms with Crippen molar-refractivity contribution in [1.82, 2.24) is 4.98 Å². The van der Waals surface area contributed by atoms with Crippen LogP contribution < -0.4 is 5.73 Å². The van der Waals surface area contributed by atoms with Gasteiger partial charge in [-0.3, -0.25) is 0 Å². The quantitative estimate of drug-likeness (QED) is 0.921. The summed E-state index contributed by atoms with van der Waals surface area (Å²) in [6, 6.07) is 6.22. The first kappa shape index (κ1) is 13.0. The van der Waals surface area contributed by atoms with Crippen LogP contribution in [0.2, 0.25) is 0 Å². The van der Waals surface area contributed by atoms with Crippen LogP contribution in [0.3, 0.4) is 0 Å². The van der Waals surface area contributed by atoms with Crippen molar-refractivity contribution in [2.45, 2.75) is 26.2 Å². The van der Waals surface area contributed by atoms with Crippen molar-refractivity contribution in [2.24, 2.45) is 11.7 Å². The number of rotatable bonds is 4. The van der Waals surface area contributed by atoms with E-state index in [2.05, 4.69) is 41.9 Å². The van der Waals surface area contributed by atoms with E-state index in [4.69, 9.17) is 10.7 Å². The van der Waals surface area contributed by atoms with Gasteiger partial charge in [-0.1, -0.05) is 29.8 Å². The predicted molar refractivity (Wildman–Crippen MR) is 78.6 cm³/mol. The van der Waals surface area contributed by atoms with Crippen LogP contribution in [0.25, 0.3) is 10.2 Å². The first-order valence-corrected chi connectivity index (χ1v) is 7.47. The largest absolute Gasteiger partial charge is 0.330 e. The average Bonchev–Trinajstić information content (AvgIpc) is 2.68. The lowest BCUT2D eigenvalue weighted by Crippen LogP contribution is -2.14. The first-order chi connectivity index (χ1) is 8.10. The highest BCUT2D eigenvalue weighted by molar-refractivity contribution is 9.10. The topological polar surface area (TPSA) is 38.9 Å². The molecule has 0 aliphatic heterocycles. The van der Waals surface area contributed by atoms with E-state index in [1.165, 1.54) is 9.71 Å².